The molecule has 3 amide bonds. The number of hydrogen-bond acceptors (Lipinski definition) is 2. The predicted molar refractivity (Wildman–Crippen MR) is 88.9 cm³/mol. The first kappa shape index (κ1) is 16.1. The van der Waals surface area contributed by atoms with Gasteiger partial charge in [0, 0.05) is 23.4 Å². The number of nitrogens with one attached hydrogen (secondary N) is 3. The molecule has 3 N–H and O–H groups in total. The van der Waals surface area contributed by atoms with Crippen molar-refractivity contribution in [2.24, 2.45) is 0 Å². The molecule has 0 aliphatic rings. The number of carbonyl (C=O) groups is 2. The Morgan fingerprint density at radius 1 is 0.955 bits per heavy atom. The fraction of sp³-hybridized carbons (Fsp3) is 0.0667. The Balaban J connectivity index is 2.14. The summed E-state index contributed by atoms with van der Waals surface area (Å²) in [4.78, 5) is 23.5. The highest BCUT2D eigenvalue weighted by Crippen LogP contribution is 2.22. The molecule has 2 aromatic carbocycles. The maximum absolute atomic E-state index is 12.2. The van der Waals surface area contributed by atoms with E-state index < -0.39 is 0 Å². The van der Waals surface area contributed by atoms with Crippen molar-refractivity contribution in [2.45, 2.75) is 0 Å². The minimum atomic E-state index is -0.362. The van der Waals surface area contributed by atoms with Crippen molar-refractivity contribution < 1.29 is 9.59 Å². The normalized spacial score (nSPS) is 9.95. The van der Waals surface area contributed by atoms with Gasteiger partial charge in [-0.3, -0.25) is 4.79 Å². The third kappa shape index (κ3) is 4.13. The van der Waals surface area contributed by atoms with Crippen molar-refractivity contribution in [3.63, 3.8) is 0 Å². The van der Waals surface area contributed by atoms with Gasteiger partial charge in [0.1, 0.15) is 0 Å². The number of rotatable bonds is 3. The van der Waals surface area contributed by atoms with Gasteiger partial charge >= 0.3 is 6.03 Å². The monoisotopic (exact) mass is 337 g/mol. The maximum Gasteiger partial charge on any atom is 0.318 e. The molecule has 0 saturated heterocycles. The Hall–Kier alpha value is -2.24. The van der Waals surface area contributed by atoms with Crippen LogP contribution in [0.5, 0.6) is 0 Å². The summed E-state index contributed by atoms with van der Waals surface area (Å²) in [5.74, 6) is -0.362. The van der Waals surface area contributed by atoms with Crippen LogP contribution in [0.25, 0.3) is 0 Å². The van der Waals surface area contributed by atoms with E-state index in [-0.39, 0.29) is 17.0 Å². The molecule has 0 atom stereocenters. The molecule has 0 fully saturated rings. The molecule has 0 spiro atoms. The molecular weight excluding hydrogens is 325 g/mol. The van der Waals surface area contributed by atoms with Crippen molar-refractivity contribution in [2.75, 3.05) is 17.7 Å². The zero-order valence-corrected chi connectivity index (χ0v) is 13.1. The Labute approximate surface area is 137 Å². The van der Waals surface area contributed by atoms with Crippen LogP contribution in [0.4, 0.5) is 16.2 Å². The van der Waals surface area contributed by atoms with Crippen LogP contribution in [0.3, 0.4) is 0 Å². The molecule has 22 heavy (non-hydrogen) atoms. The van der Waals surface area contributed by atoms with Crippen molar-refractivity contribution in [3.05, 3.63) is 58.1 Å². The molecule has 114 valence electrons. The molecule has 0 radical (unpaired) electrons. The van der Waals surface area contributed by atoms with Gasteiger partial charge in [-0.2, -0.15) is 0 Å². The van der Waals surface area contributed by atoms with E-state index in [0.29, 0.717) is 22.0 Å². The number of hydrogen-bond donors (Lipinski definition) is 3. The highest BCUT2D eigenvalue weighted by Gasteiger charge is 2.11. The van der Waals surface area contributed by atoms with E-state index in [1.165, 1.54) is 13.1 Å². The first-order valence-electron chi connectivity index (χ1n) is 6.35. The van der Waals surface area contributed by atoms with Crippen LogP contribution in [0.1, 0.15) is 10.4 Å². The zero-order valence-electron chi connectivity index (χ0n) is 11.6. The summed E-state index contributed by atoms with van der Waals surface area (Å²) in [7, 11) is 1.52. The van der Waals surface area contributed by atoms with Gasteiger partial charge in [0.05, 0.1) is 10.6 Å². The molecule has 0 aliphatic heterocycles. The zero-order chi connectivity index (χ0) is 16.1. The fourth-order valence-electron chi connectivity index (χ4n) is 1.74. The van der Waals surface area contributed by atoms with Crippen molar-refractivity contribution in [1.82, 2.24) is 5.32 Å². The smallest absolute Gasteiger partial charge is 0.318 e. The number of benzene rings is 2. The lowest BCUT2D eigenvalue weighted by molar-refractivity contribution is 0.102. The Kier molecular flexibility index (Phi) is 5.25. The van der Waals surface area contributed by atoms with Crippen molar-refractivity contribution in [1.29, 1.82) is 0 Å². The van der Waals surface area contributed by atoms with Gasteiger partial charge in [-0.1, -0.05) is 29.3 Å². The van der Waals surface area contributed by atoms with E-state index in [0.717, 1.165) is 0 Å². The standard InChI is InChI=1S/C15H13Cl2N3O2/c1-18-15(22)20-11-4-2-3-10(8-11)19-14(21)12-6-5-9(16)7-13(12)17/h2-8H,1H3,(H,19,21)(H2,18,20,22). The minimum absolute atomic E-state index is 0.268. The molecule has 0 saturated carbocycles. The Morgan fingerprint density at radius 2 is 1.64 bits per heavy atom. The van der Waals surface area contributed by atoms with Crippen molar-refractivity contribution >= 4 is 46.5 Å². The maximum atomic E-state index is 12.2. The second kappa shape index (κ2) is 7.15. The van der Waals surface area contributed by atoms with Gasteiger partial charge in [-0.05, 0) is 36.4 Å². The minimum Gasteiger partial charge on any atom is -0.341 e. The SMILES string of the molecule is CNC(=O)Nc1cccc(NC(=O)c2ccc(Cl)cc2Cl)c1. The quantitative estimate of drug-likeness (QED) is 0.792. The van der Waals surface area contributed by atoms with Gasteiger partial charge in [-0.15, -0.1) is 0 Å². The second-order valence-electron chi connectivity index (χ2n) is 4.36. The van der Waals surface area contributed by atoms with E-state index >= 15 is 0 Å². The Morgan fingerprint density at radius 3 is 2.27 bits per heavy atom. The predicted octanol–water partition coefficient (Wildman–Crippen LogP) is 4.00. The summed E-state index contributed by atoms with van der Waals surface area (Å²) >= 11 is 11.8. The summed E-state index contributed by atoms with van der Waals surface area (Å²) in [5, 5.41) is 8.50. The van der Waals surface area contributed by atoms with E-state index in [1.54, 1.807) is 36.4 Å². The van der Waals surface area contributed by atoms with E-state index in [1.807, 2.05) is 0 Å². The molecular formula is C15H13Cl2N3O2. The van der Waals surface area contributed by atoms with Crippen molar-refractivity contribution in [3.8, 4) is 0 Å². The number of carbonyl (C=O) groups excluding carboxylic acids is 2. The Bertz CT molecular complexity index is 720. The van der Waals surface area contributed by atoms with Crippen LogP contribution in [-0.2, 0) is 0 Å². The van der Waals surface area contributed by atoms with E-state index in [4.69, 9.17) is 23.2 Å². The average Bonchev–Trinajstić information content (AvgIpc) is 2.47. The lowest BCUT2D eigenvalue weighted by Gasteiger charge is -2.09. The molecule has 0 aromatic heterocycles. The summed E-state index contributed by atoms with van der Waals surface area (Å²) < 4.78 is 0. The van der Waals surface area contributed by atoms with Gasteiger partial charge in [0.15, 0.2) is 0 Å². The number of amides is 3. The lowest BCUT2D eigenvalue weighted by atomic mass is 10.2. The molecule has 7 heteroatoms. The van der Waals surface area contributed by atoms with Gasteiger partial charge in [0.25, 0.3) is 5.91 Å². The third-order valence-electron chi connectivity index (χ3n) is 2.78. The molecule has 5 nitrogen and oxygen atoms in total. The van der Waals surface area contributed by atoms with Gasteiger partial charge in [-0.25, -0.2) is 4.79 Å². The fourth-order valence-corrected chi connectivity index (χ4v) is 2.23. The van der Waals surface area contributed by atoms with Gasteiger partial charge in [0.2, 0.25) is 0 Å². The molecule has 2 rings (SSSR count). The third-order valence-corrected chi connectivity index (χ3v) is 3.33. The van der Waals surface area contributed by atoms with E-state index in [9.17, 15) is 9.59 Å². The first-order chi connectivity index (χ1) is 10.5. The van der Waals surface area contributed by atoms with Gasteiger partial charge < -0.3 is 16.0 Å². The van der Waals surface area contributed by atoms with Crippen LogP contribution in [0.15, 0.2) is 42.5 Å². The second-order valence-corrected chi connectivity index (χ2v) is 5.21. The average molecular weight is 338 g/mol. The summed E-state index contributed by atoms with van der Waals surface area (Å²) in [5.41, 5.74) is 1.40. The highest BCUT2D eigenvalue weighted by molar-refractivity contribution is 6.37. The largest absolute Gasteiger partial charge is 0.341 e. The van der Waals surface area contributed by atoms with E-state index in [2.05, 4.69) is 16.0 Å². The summed E-state index contributed by atoms with van der Waals surface area (Å²) in [6.07, 6.45) is 0. The van der Waals surface area contributed by atoms with Crippen LogP contribution >= 0.6 is 23.2 Å². The molecule has 0 aliphatic carbocycles. The summed E-state index contributed by atoms with van der Waals surface area (Å²) in [6.45, 7) is 0. The number of urea groups is 1. The van der Waals surface area contributed by atoms with Crippen LogP contribution in [0.2, 0.25) is 10.0 Å². The topological polar surface area (TPSA) is 70.2 Å². The molecule has 2 aromatic rings. The van der Waals surface area contributed by atoms with Crippen LogP contribution in [0, 0.1) is 0 Å². The number of halogens is 2. The first-order valence-corrected chi connectivity index (χ1v) is 7.10. The lowest BCUT2D eigenvalue weighted by Crippen LogP contribution is -2.24. The molecule has 0 bridgehead atoms. The molecule has 0 unspecified atom stereocenters. The summed E-state index contributed by atoms with van der Waals surface area (Å²) in [6, 6.07) is 11.1. The van der Waals surface area contributed by atoms with Crippen LogP contribution in [-0.4, -0.2) is 19.0 Å². The van der Waals surface area contributed by atoms with Crippen LogP contribution < -0.4 is 16.0 Å². The molecule has 0 heterocycles. The highest BCUT2D eigenvalue weighted by atomic mass is 35.5. The number of anilines is 2.